The molecule has 138 valence electrons. The van der Waals surface area contributed by atoms with Crippen LogP contribution in [0, 0.1) is 0 Å². The number of benzene rings is 3. The molecule has 0 aliphatic rings. The fraction of sp³-hybridized carbons (Fsp3) is 0.333. The maximum absolute atomic E-state index is 13.5. The molecule has 0 radical (unpaired) electrons. The first-order valence-corrected chi connectivity index (χ1v) is 11.4. The van der Waals surface area contributed by atoms with Gasteiger partial charge in [0, 0.05) is 4.47 Å². The molecule has 0 bridgehead atoms. The molecule has 0 aliphatic carbocycles. The van der Waals surface area contributed by atoms with Crippen LogP contribution in [0.15, 0.2) is 53.0 Å². The quantitative estimate of drug-likeness (QED) is 0.301. The van der Waals surface area contributed by atoms with Crippen LogP contribution in [-0.2, 0) is 19.8 Å². The second kappa shape index (κ2) is 7.82. The zero-order valence-electron chi connectivity index (χ0n) is 15.5. The Morgan fingerprint density at radius 2 is 1.19 bits per heavy atom. The Morgan fingerprint density at radius 1 is 0.808 bits per heavy atom. The van der Waals surface area contributed by atoms with E-state index in [1.54, 1.807) is 0 Å². The lowest BCUT2D eigenvalue weighted by atomic mass is 9.98. The van der Waals surface area contributed by atoms with Crippen LogP contribution in [0.2, 0.25) is 0 Å². The highest BCUT2D eigenvalue weighted by Gasteiger charge is 2.30. The van der Waals surface area contributed by atoms with E-state index in [4.69, 9.17) is 9.05 Å². The van der Waals surface area contributed by atoms with E-state index in [0.29, 0.717) is 0 Å². The summed E-state index contributed by atoms with van der Waals surface area (Å²) < 4.78 is 26.2. The second-order valence-electron chi connectivity index (χ2n) is 6.96. The van der Waals surface area contributed by atoms with Gasteiger partial charge in [-0.3, -0.25) is 4.57 Å². The number of hydrogen-bond donors (Lipinski definition) is 0. The average Bonchev–Trinajstić information content (AvgIpc) is 2.57. The summed E-state index contributed by atoms with van der Waals surface area (Å²) in [4.78, 5) is 0. The minimum absolute atomic E-state index is 0.174. The van der Waals surface area contributed by atoms with E-state index in [0.717, 1.165) is 31.6 Å². The van der Waals surface area contributed by atoms with Gasteiger partial charge in [0.25, 0.3) is 0 Å². The van der Waals surface area contributed by atoms with Crippen LogP contribution < -0.4 is 0 Å². The van der Waals surface area contributed by atoms with Crippen LogP contribution in [0.25, 0.3) is 21.5 Å². The van der Waals surface area contributed by atoms with Crippen LogP contribution >= 0.6 is 23.5 Å². The van der Waals surface area contributed by atoms with Crippen molar-refractivity contribution >= 4 is 45.1 Å². The second-order valence-corrected chi connectivity index (χ2v) is 9.71. The molecule has 3 nitrogen and oxygen atoms in total. The van der Waals surface area contributed by atoms with Crippen LogP contribution in [0.5, 0.6) is 0 Å². The number of hydrogen-bond acceptors (Lipinski definition) is 3. The monoisotopic (exact) mass is 434 g/mol. The van der Waals surface area contributed by atoms with Crippen LogP contribution in [-0.4, -0.2) is 12.2 Å². The van der Waals surface area contributed by atoms with E-state index < -0.39 is 7.60 Å². The van der Waals surface area contributed by atoms with Gasteiger partial charge in [0.1, 0.15) is 0 Å². The van der Waals surface area contributed by atoms with E-state index in [1.807, 2.05) is 52.0 Å². The Morgan fingerprint density at radius 3 is 1.58 bits per heavy atom. The predicted molar refractivity (Wildman–Crippen MR) is 113 cm³/mol. The lowest BCUT2D eigenvalue weighted by Crippen LogP contribution is -2.10. The molecule has 0 aliphatic heterocycles. The highest BCUT2D eigenvalue weighted by atomic mass is 79.9. The zero-order chi connectivity index (χ0) is 18.9. The Balaban J connectivity index is 2.25. The molecule has 3 aromatic rings. The largest absolute Gasteiger partial charge is 0.335 e. The van der Waals surface area contributed by atoms with Gasteiger partial charge in [-0.05, 0) is 70.7 Å². The predicted octanol–water partition coefficient (Wildman–Crippen LogP) is 7.30. The average molecular weight is 435 g/mol. The molecular formula is C21H24BrO3P. The van der Waals surface area contributed by atoms with Gasteiger partial charge >= 0.3 is 7.60 Å². The summed E-state index contributed by atoms with van der Waals surface area (Å²) in [5, 5.41) is 4.33. The number of rotatable bonds is 6. The van der Waals surface area contributed by atoms with Gasteiger partial charge in [0.2, 0.25) is 0 Å². The summed E-state index contributed by atoms with van der Waals surface area (Å²) in [5.74, 6) is 0. The highest BCUT2D eigenvalue weighted by molar-refractivity contribution is 9.10. The first-order chi connectivity index (χ1) is 12.3. The van der Waals surface area contributed by atoms with Crippen molar-refractivity contribution in [3.63, 3.8) is 0 Å². The molecule has 0 aromatic heterocycles. The molecule has 0 saturated carbocycles. The maximum atomic E-state index is 13.5. The molecule has 0 unspecified atom stereocenters. The van der Waals surface area contributed by atoms with E-state index in [-0.39, 0.29) is 18.4 Å². The van der Waals surface area contributed by atoms with Crippen molar-refractivity contribution in [2.75, 3.05) is 0 Å². The van der Waals surface area contributed by atoms with Crippen molar-refractivity contribution in [2.24, 2.45) is 0 Å². The van der Waals surface area contributed by atoms with Crippen molar-refractivity contribution in [3.05, 3.63) is 58.6 Å². The minimum atomic E-state index is -3.29. The Bertz CT molecular complexity index is 911. The molecule has 26 heavy (non-hydrogen) atoms. The van der Waals surface area contributed by atoms with Crippen molar-refractivity contribution in [1.82, 2.24) is 0 Å². The van der Waals surface area contributed by atoms with Crippen LogP contribution in [0.4, 0.5) is 0 Å². The van der Waals surface area contributed by atoms with Gasteiger partial charge in [0.15, 0.2) is 0 Å². The standard InChI is InChI=1S/C21H24BrO3P/c1-14(2)24-26(23,25-15(3)4)13-20-16-9-5-7-11-18(16)21(22)19-12-8-6-10-17(19)20/h5-12,14-15H,13H2,1-4H3. The van der Waals surface area contributed by atoms with Crippen molar-refractivity contribution in [1.29, 1.82) is 0 Å². The van der Waals surface area contributed by atoms with Crippen molar-refractivity contribution in [2.45, 2.75) is 46.1 Å². The van der Waals surface area contributed by atoms with E-state index >= 15 is 0 Å². The highest BCUT2D eigenvalue weighted by Crippen LogP contribution is 2.55. The first kappa shape index (κ1) is 19.6. The molecule has 0 heterocycles. The number of fused-ring (bicyclic) bond motifs is 2. The fourth-order valence-corrected chi connectivity index (χ4v) is 6.17. The van der Waals surface area contributed by atoms with Gasteiger partial charge in [-0.25, -0.2) is 0 Å². The van der Waals surface area contributed by atoms with E-state index in [2.05, 4.69) is 40.2 Å². The summed E-state index contributed by atoms with van der Waals surface area (Å²) in [7, 11) is -3.29. The molecule has 0 saturated heterocycles. The minimum Gasteiger partial charge on any atom is -0.306 e. The topological polar surface area (TPSA) is 35.5 Å². The SMILES string of the molecule is CC(C)OP(=O)(Cc1c2ccccc2c(Br)c2ccccc12)OC(C)C. The van der Waals surface area contributed by atoms with Crippen LogP contribution in [0.1, 0.15) is 33.3 Å². The normalized spacial score (nSPS) is 12.6. The van der Waals surface area contributed by atoms with Gasteiger partial charge in [-0.15, -0.1) is 0 Å². The maximum Gasteiger partial charge on any atom is 0.335 e. The summed E-state index contributed by atoms with van der Waals surface area (Å²) >= 11 is 3.75. The molecule has 3 aromatic carbocycles. The van der Waals surface area contributed by atoms with Gasteiger partial charge in [0.05, 0.1) is 18.4 Å². The molecule has 5 heteroatoms. The molecule has 0 N–H and O–H groups in total. The van der Waals surface area contributed by atoms with Crippen molar-refractivity contribution < 1.29 is 13.6 Å². The van der Waals surface area contributed by atoms with Gasteiger partial charge in [-0.1, -0.05) is 48.5 Å². The Hall–Kier alpha value is -1.19. The lowest BCUT2D eigenvalue weighted by molar-refractivity contribution is 0.142. The molecule has 3 rings (SSSR count). The van der Waals surface area contributed by atoms with Crippen molar-refractivity contribution in [3.8, 4) is 0 Å². The van der Waals surface area contributed by atoms with Crippen LogP contribution in [0.3, 0.4) is 0 Å². The molecule has 0 fully saturated rings. The molecule has 0 atom stereocenters. The van der Waals surface area contributed by atoms with E-state index in [9.17, 15) is 4.57 Å². The summed E-state index contributed by atoms with van der Waals surface area (Å²) in [6, 6.07) is 16.3. The lowest BCUT2D eigenvalue weighted by Gasteiger charge is -2.24. The molecular weight excluding hydrogens is 411 g/mol. The summed E-state index contributed by atoms with van der Waals surface area (Å²) in [6.07, 6.45) is -0.0994. The van der Waals surface area contributed by atoms with Gasteiger partial charge < -0.3 is 9.05 Å². The molecule has 0 spiro atoms. The van der Waals surface area contributed by atoms with E-state index in [1.165, 1.54) is 0 Å². The third kappa shape index (κ3) is 4.04. The zero-order valence-corrected chi connectivity index (χ0v) is 18.0. The fourth-order valence-electron chi connectivity index (χ4n) is 3.27. The third-order valence-corrected chi connectivity index (χ3v) is 7.12. The first-order valence-electron chi connectivity index (χ1n) is 8.84. The Labute approximate surface area is 163 Å². The summed E-state index contributed by atoms with van der Waals surface area (Å²) in [5.41, 5.74) is 1.00. The smallest absolute Gasteiger partial charge is 0.306 e. The third-order valence-electron chi connectivity index (χ3n) is 4.07. The Kier molecular flexibility index (Phi) is 5.88. The summed E-state index contributed by atoms with van der Waals surface area (Å²) in [6.45, 7) is 7.53. The molecule has 0 amide bonds. The van der Waals surface area contributed by atoms with Gasteiger partial charge in [-0.2, -0.15) is 0 Å². The number of halogens is 1.